The summed E-state index contributed by atoms with van der Waals surface area (Å²) in [5.74, 6) is -0.00589. The van der Waals surface area contributed by atoms with Crippen molar-refractivity contribution in [3.8, 4) is 5.75 Å². The maximum atomic E-state index is 11.7. The number of hydrogen-bond acceptors (Lipinski definition) is 4. The Bertz CT molecular complexity index is 679. The van der Waals surface area contributed by atoms with Gasteiger partial charge in [0, 0.05) is 6.54 Å². The molecule has 2 aromatic rings. The Morgan fingerprint density at radius 3 is 2.38 bits per heavy atom. The average Bonchev–Trinajstić information content (AvgIpc) is 2.63. The predicted octanol–water partition coefficient (Wildman–Crippen LogP) is 2.97. The highest BCUT2D eigenvalue weighted by Gasteiger charge is 2.08. The van der Waals surface area contributed by atoms with E-state index in [1.807, 2.05) is 62.4 Å². The quantitative estimate of drug-likeness (QED) is 0.703. The summed E-state index contributed by atoms with van der Waals surface area (Å²) in [7, 11) is 0. The van der Waals surface area contributed by atoms with Gasteiger partial charge < -0.3 is 14.8 Å². The first-order valence-electron chi connectivity index (χ1n) is 8.71. The van der Waals surface area contributed by atoms with E-state index in [9.17, 15) is 9.59 Å². The Morgan fingerprint density at radius 1 is 0.962 bits per heavy atom. The minimum absolute atomic E-state index is 0.102. The van der Waals surface area contributed by atoms with Crippen LogP contribution in [0.4, 0.5) is 0 Å². The van der Waals surface area contributed by atoms with Gasteiger partial charge in [0.1, 0.15) is 5.75 Å². The van der Waals surface area contributed by atoms with Gasteiger partial charge in [-0.2, -0.15) is 0 Å². The second kappa shape index (κ2) is 10.2. The Hall–Kier alpha value is -2.82. The number of ether oxygens (including phenoxy) is 2. The van der Waals surface area contributed by atoms with E-state index in [4.69, 9.17) is 9.47 Å². The summed E-state index contributed by atoms with van der Waals surface area (Å²) >= 11 is 0. The topological polar surface area (TPSA) is 64.6 Å². The molecule has 0 aliphatic heterocycles. The van der Waals surface area contributed by atoms with E-state index in [0.29, 0.717) is 6.54 Å². The summed E-state index contributed by atoms with van der Waals surface area (Å²) < 4.78 is 10.5. The van der Waals surface area contributed by atoms with Gasteiger partial charge in [-0.05, 0) is 43.0 Å². The Balaban J connectivity index is 1.59. The Labute approximate surface area is 154 Å². The lowest BCUT2D eigenvalue weighted by molar-refractivity contribution is -0.149. The van der Waals surface area contributed by atoms with Gasteiger partial charge in [0.05, 0.1) is 13.0 Å². The maximum absolute atomic E-state index is 11.7. The van der Waals surface area contributed by atoms with E-state index in [1.54, 1.807) is 0 Å². The van der Waals surface area contributed by atoms with Crippen molar-refractivity contribution in [3.63, 3.8) is 0 Å². The molecule has 0 atom stereocenters. The first-order valence-corrected chi connectivity index (χ1v) is 8.71. The zero-order valence-electron chi connectivity index (χ0n) is 15.3. The lowest BCUT2D eigenvalue weighted by atomic mass is 10.1. The number of para-hydroxylation sites is 1. The summed E-state index contributed by atoms with van der Waals surface area (Å²) in [6.07, 6.45) is 0.849. The van der Waals surface area contributed by atoms with Gasteiger partial charge in [0.2, 0.25) is 0 Å². The molecule has 0 fully saturated rings. The summed E-state index contributed by atoms with van der Waals surface area (Å²) in [5, 5.41) is 2.76. The first kappa shape index (κ1) is 19.5. The van der Waals surface area contributed by atoms with Crippen molar-refractivity contribution in [2.75, 3.05) is 19.8 Å². The summed E-state index contributed by atoms with van der Waals surface area (Å²) in [6.45, 7) is 4.44. The number of esters is 1. The van der Waals surface area contributed by atoms with Crippen molar-refractivity contribution in [1.29, 1.82) is 0 Å². The van der Waals surface area contributed by atoms with Gasteiger partial charge in [-0.3, -0.25) is 9.59 Å². The standard InChI is InChI=1S/C21H25NO4/c1-16-7-3-5-9-18(16)11-13-22-20(23)15-26-21(24)12-14-25-19-10-6-4-8-17(19)2/h3-10H,11-15H2,1-2H3,(H,22,23). The second-order valence-electron chi connectivity index (χ2n) is 6.05. The van der Waals surface area contributed by atoms with Crippen LogP contribution in [0.3, 0.4) is 0 Å². The number of benzene rings is 2. The summed E-state index contributed by atoms with van der Waals surface area (Å²) in [5.41, 5.74) is 3.40. The van der Waals surface area contributed by atoms with Gasteiger partial charge in [-0.1, -0.05) is 42.5 Å². The van der Waals surface area contributed by atoms with Crippen molar-refractivity contribution in [3.05, 3.63) is 65.2 Å². The van der Waals surface area contributed by atoms with E-state index < -0.39 is 5.97 Å². The molecule has 138 valence electrons. The average molecular weight is 355 g/mol. The lowest BCUT2D eigenvalue weighted by Crippen LogP contribution is -2.30. The molecule has 0 saturated heterocycles. The van der Waals surface area contributed by atoms with E-state index in [-0.39, 0.29) is 25.5 Å². The predicted molar refractivity (Wildman–Crippen MR) is 100 cm³/mol. The maximum Gasteiger partial charge on any atom is 0.309 e. The molecule has 1 amide bonds. The highest BCUT2D eigenvalue weighted by Crippen LogP contribution is 2.16. The molecule has 0 spiro atoms. The molecule has 5 heteroatoms. The van der Waals surface area contributed by atoms with Crippen LogP contribution in [0.25, 0.3) is 0 Å². The number of amides is 1. The minimum atomic E-state index is -0.451. The lowest BCUT2D eigenvalue weighted by Gasteiger charge is -2.09. The van der Waals surface area contributed by atoms with Crippen LogP contribution in [0, 0.1) is 13.8 Å². The van der Waals surface area contributed by atoms with Crippen LogP contribution in [0.1, 0.15) is 23.1 Å². The second-order valence-corrected chi connectivity index (χ2v) is 6.05. The van der Waals surface area contributed by atoms with Gasteiger partial charge in [0.15, 0.2) is 6.61 Å². The van der Waals surface area contributed by atoms with Crippen LogP contribution in [0.2, 0.25) is 0 Å². The molecule has 0 aromatic heterocycles. The molecule has 1 N–H and O–H groups in total. The molecule has 0 saturated carbocycles. The van der Waals surface area contributed by atoms with Gasteiger partial charge in [-0.25, -0.2) is 0 Å². The van der Waals surface area contributed by atoms with Crippen molar-refractivity contribution in [2.45, 2.75) is 26.7 Å². The van der Waals surface area contributed by atoms with Crippen LogP contribution >= 0.6 is 0 Å². The molecule has 26 heavy (non-hydrogen) atoms. The largest absolute Gasteiger partial charge is 0.493 e. The number of rotatable bonds is 9. The molecule has 0 unspecified atom stereocenters. The molecule has 5 nitrogen and oxygen atoms in total. The molecule has 0 radical (unpaired) electrons. The van der Waals surface area contributed by atoms with E-state index in [2.05, 4.69) is 5.32 Å². The van der Waals surface area contributed by atoms with E-state index >= 15 is 0 Å². The minimum Gasteiger partial charge on any atom is -0.493 e. The number of aryl methyl sites for hydroxylation is 2. The Morgan fingerprint density at radius 2 is 1.65 bits per heavy atom. The molecule has 2 rings (SSSR count). The number of carbonyl (C=O) groups is 2. The smallest absolute Gasteiger partial charge is 0.309 e. The third-order valence-corrected chi connectivity index (χ3v) is 4.00. The van der Waals surface area contributed by atoms with Gasteiger partial charge in [0.25, 0.3) is 5.91 Å². The fraction of sp³-hybridized carbons (Fsp3) is 0.333. The van der Waals surface area contributed by atoms with Crippen molar-refractivity contribution < 1.29 is 19.1 Å². The molecular weight excluding hydrogens is 330 g/mol. The zero-order chi connectivity index (χ0) is 18.8. The molecule has 0 bridgehead atoms. The third kappa shape index (κ3) is 6.59. The Kier molecular flexibility index (Phi) is 7.68. The van der Waals surface area contributed by atoms with Crippen molar-refractivity contribution in [1.82, 2.24) is 5.32 Å². The number of nitrogens with one attached hydrogen (secondary N) is 1. The van der Waals surface area contributed by atoms with Crippen molar-refractivity contribution >= 4 is 11.9 Å². The zero-order valence-corrected chi connectivity index (χ0v) is 15.3. The normalized spacial score (nSPS) is 10.2. The van der Waals surface area contributed by atoms with Crippen molar-refractivity contribution in [2.24, 2.45) is 0 Å². The molecule has 0 aliphatic rings. The first-order chi connectivity index (χ1) is 12.6. The highest BCUT2D eigenvalue weighted by atomic mass is 16.5. The van der Waals surface area contributed by atoms with Gasteiger partial charge in [-0.15, -0.1) is 0 Å². The van der Waals surface area contributed by atoms with Crippen LogP contribution in [-0.4, -0.2) is 31.6 Å². The van der Waals surface area contributed by atoms with E-state index in [1.165, 1.54) is 11.1 Å². The van der Waals surface area contributed by atoms with Gasteiger partial charge >= 0.3 is 5.97 Å². The SMILES string of the molecule is Cc1ccccc1CCNC(=O)COC(=O)CCOc1ccccc1C. The third-order valence-electron chi connectivity index (χ3n) is 4.00. The monoisotopic (exact) mass is 355 g/mol. The van der Waals surface area contributed by atoms with Crippen LogP contribution in [-0.2, 0) is 20.7 Å². The van der Waals surface area contributed by atoms with E-state index in [0.717, 1.165) is 17.7 Å². The molecule has 0 heterocycles. The van der Waals surface area contributed by atoms with Crippen LogP contribution < -0.4 is 10.1 Å². The number of hydrogen-bond donors (Lipinski definition) is 1. The fourth-order valence-electron chi connectivity index (χ4n) is 2.46. The molecule has 2 aromatic carbocycles. The summed E-state index contributed by atoms with van der Waals surface area (Å²) in [4.78, 5) is 23.4. The molecular formula is C21H25NO4. The van der Waals surface area contributed by atoms with Crippen LogP contribution in [0.15, 0.2) is 48.5 Å². The summed E-state index contributed by atoms with van der Waals surface area (Å²) in [6, 6.07) is 15.6. The fourth-order valence-corrected chi connectivity index (χ4v) is 2.46. The molecule has 0 aliphatic carbocycles. The highest BCUT2D eigenvalue weighted by molar-refractivity contribution is 5.80. The number of carbonyl (C=O) groups excluding carboxylic acids is 2. The van der Waals surface area contributed by atoms with Crippen LogP contribution in [0.5, 0.6) is 5.75 Å².